The molecule has 0 aliphatic heterocycles. The first-order valence-corrected chi connectivity index (χ1v) is 14.9. The van der Waals surface area contributed by atoms with Crippen molar-refractivity contribution in [3.8, 4) is 56.4 Å². The van der Waals surface area contributed by atoms with E-state index in [2.05, 4.69) is 89.9 Å². The van der Waals surface area contributed by atoms with Gasteiger partial charge in [-0.3, -0.25) is 9.97 Å². The Kier molecular flexibility index (Phi) is 6.61. The second kappa shape index (κ2) is 11.2. The summed E-state index contributed by atoms with van der Waals surface area (Å²) in [5, 5.41) is 2.16. The van der Waals surface area contributed by atoms with E-state index < -0.39 is 0 Å². The Bertz CT molecular complexity index is 2240. The van der Waals surface area contributed by atoms with E-state index in [0.717, 1.165) is 78.1 Å². The number of nitrogens with zero attached hydrogens (tertiary/aromatic N) is 5. The van der Waals surface area contributed by atoms with Crippen molar-refractivity contribution in [2.75, 3.05) is 0 Å². The molecule has 4 aromatic heterocycles. The van der Waals surface area contributed by atoms with E-state index in [1.807, 2.05) is 61.5 Å². The molecule has 0 fully saturated rings. The Morgan fingerprint density at radius 2 is 1.07 bits per heavy atom. The maximum absolute atomic E-state index is 5.21. The summed E-state index contributed by atoms with van der Waals surface area (Å²) in [5.41, 5.74) is 11.3. The predicted octanol–water partition coefficient (Wildman–Crippen LogP) is 9.61. The number of aromatic nitrogens is 5. The van der Waals surface area contributed by atoms with Crippen molar-refractivity contribution >= 4 is 21.8 Å². The van der Waals surface area contributed by atoms with Crippen LogP contribution >= 0.6 is 0 Å². The van der Waals surface area contributed by atoms with Gasteiger partial charge in [-0.05, 0) is 48.4 Å². The summed E-state index contributed by atoms with van der Waals surface area (Å²) in [6, 6.07) is 47.5. The second-order valence-corrected chi connectivity index (χ2v) is 11.0. The van der Waals surface area contributed by atoms with Gasteiger partial charge in [0.2, 0.25) is 0 Å². The summed E-state index contributed by atoms with van der Waals surface area (Å²) in [7, 11) is 0. The lowest BCUT2D eigenvalue weighted by atomic mass is 9.96. The highest BCUT2D eigenvalue weighted by molar-refractivity contribution is 6.09. The lowest BCUT2D eigenvalue weighted by Gasteiger charge is -2.13. The highest BCUT2D eigenvalue weighted by Gasteiger charge is 2.15. The third kappa shape index (κ3) is 5.11. The maximum Gasteiger partial charge on any atom is 0.160 e. The van der Waals surface area contributed by atoms with Gasteiger partial charge in [-0.1, -0.05) is 109 Å². The van der Waals surface area contributed by atoms with E-state index in [0.29, 0.717) is 5.82 Å². The van der Waals surface area contributed by atoms with Gasteiger partial charge in [0, 0.05) is 39.4 Å². The highest BCUT2D eigenvalue weighted by atomic mass is 14.9. The fourth-order valence-corrected chi connectivity index (χ4v) is 5.74. The van der Waals surface area contributed by atoms with Crippen LogP contribution in [0.4, 0.5) is 0 Å². The van der Waals surface area contributed by atoms with Crippen LogP contribution in [0.1, 0.15) is 5.69 Å². The third-order valence-electron chi connectivity index (χ3n) is 8.02. The third-order valence-corrected chi connectivity index (χ3v) is 8.02. The van der Waals surface area contributed by atoms with Crippen LogP contribution < -0.4 is 0 Å². The smallest absolute Gasteiger partial charge is 0.160 e. The summed E-state index contributed by atoms with van der Waals surface area (Å²) >= 11 is 0. The first-order chi connectivity index (χ1) is 22.2. The zero-order valence-corrected chi connectivity index (χ0v) is 24.6. The van der Waals surface area contributed by atoms with Crippen LogP contribution in [0.25, 0.3) is 78.2 Å². The SMILES string of the molecule is Cc1ccc2ccc3c(-c4ccccc4)cc(-c4ccc(-c5nc(-c6ccccc6)cc(-c6ccccn6)n5)cc4)nc3c2n1. The van der Waals surface area contributed by atoms with Gasteiger partial charge in [0.25, 0.3) is 0 Å². The van der Waals surface area contributed by atoms with Gasteiger partial charge in [0.15, 0.2) is 5.82 Å². The van der Waals surface area contributed by atoms with Crippen molar-refractivity contribution < 1.29 is 0 Å². The van der Waals surface area contributed by atoms with E-state index >= 15 is 0 Å². The molecule has 4 aromatic carbocycles. The largest absolute Gasteiger partial charge is 0.255 e. The van der Waals surface area contributed by atoms with Gasteiger partial charge in [-0.15, -0.1) is 0 Å². The summed E-state index contributed by atoms with van der Waals surface area (Å²) < 4.78 is 0. The van der Waals surface area contributed by atoms with Crippen LogP contribution in [0, 0.1) is 6.92 Å². The minimum Gasteiger partial charge on any atom is -0.255 e. The molecule has 212 valence electrons. The molecule has 0 spiro atoms. The Balaban J connectivity index is 1.27. The Morgan fingerprint density at radius 3 is 1.82 bits per heavy atom. The lowest BCUT2D eigenvalue weighted by molar-refractivity contribution is 1.16. The summed E-state index contributed by atoms with van der Waals surface area (Å²) in [4.78, 5) is 24.6. The number of benzene rings is 4. The first-order valence-electron chi connectivity index (χ1n) is 14.9. The number of fused-ring (bicyclic) bond motifs is 3. The monoisotopic (exact) mass is 577 g/mol. The zero-order valence-electron chi connectivity index (χ0n) is 24.6. The van der Waals surface area contributed by atoms with E-state index in [1.54, 1.807) is 6.20 Å². The van der Waals surface area contributed by atoms with Gasteiger partial charge >= 0.3 is 0 Å². The number of aryl methyl sites for hydroxylation is 1. The maximum atomic E-state index is 5.21. The van der Waals surface area contributed by atoms with E-state index in [-0.39, 0.29) is 0 Å². The molecule has 0 N–H and O–H groups in total. The van der Waals surface area contributed by atoms with Crippen molar-refractivity contribution in [2.45, 2.75) is 6.92 Å². The molecule has 0 saturated heterocycles. The van der Waals surface area contributed by atoms with E-state index in [9.17, 15) is 0 Å². The molecule has 0 unspecified atom stereocenters. The molecule has 5 heteroatoms. The number of hydrogen-bond acceptors (Lipinski definition) is 5. The molecule has 5 nitrogen and oxygen atoms in total. The molecule has 0 aliphatic rings. The fraction of sp³-hybridized carbons (Fsp3) is 0.0250. The van der Waals surface area contributed by atoms with Gasteiger partial charge in [-0.2, -0.15) is 0 Å². The fourth-order valence-electron chi connectivity index (χ4n) is 5.74. The van der Waals surface area contributed by atoms with Crippen LogP contribution in [-0.4, -0.2) is 24.9 Å². The molecule has 8 aromatic rings. The van der Waals surface area contributed by atoms with Crippen LogP contribution in [0.5, 0.6) is 0 Å². The Hall–Kier alpha value is -6.07. The van der Waals surface area contributed by atoms with Crippen molar-refractivity contribution in [3.63, 3.8) is 0 Å². The zero-order chi connectivity index (χ0) is 30.2. The van der Waals surface area contributed by atoms with Crippen molar-refractivity contribution in [2.24, 2.45) is 0 Å². The van der Waals surface area contributed by atoms with Crippen LogP contribution in [0.2, 0.25) is 0 Å². The average molecular weight is 578 g/mol. The minimum absolute atomic E-state index is 0.644. The molecule has 0 atom stereocenters. The molecular weight excluding hydrogens is 550 g/mol. The van der Waals surface area contributed by atoms with E-state index in [4.69, 9.17) is 19.9 Å². The van der Waals surface area contributed by atoms with E-state index in [1.165, 1.54) is 0 Å². The standard InChI is InChI=1S/C40H27N5/c1-26-15-16-30-21-22-32-33(27-10-4-2-5-11-27)24-35(43-39(32)38(30)42-26)29-17-19-31(20-18-29)40-44-36(28-12-6-3-7-13-28)25-37(45-40)34-14-8-9-23-41-34/h2-25H,1H3. The van der Waals surface area contributed by atoms with Gasteiger partial charge in [0.05, 0.1) is 33.8 Å². The molecule has 0 aliphatic carbocycles. The topological polar surface area (TPSA) is 64.5 Å². The van der Waals surface area contributed by atoms with Crippen LogP contribution in [-0.2, 0) is 0 Å². The first kappa shape index (κ1) is 26.5. The average Bonchev–Trinajstić information content (AvgIpc) is 3.12. The Morgan fingerprint density at radius 1 is 0.422 bits per heavy atom. The number of pyridine rings is 3. The Labute approximate surface area is 261 Å². The van der Waals surface area contributed by atoms with Gasteiger partial charge in [0.1, 0.15) is 0 Å². The van der Waals surface area contributed by atoms with Crippen molar-refractivity contribution in [3.05, 3.63) is 151 Å². The van der Waals surface area contributed by atoms with Crippen molar-refractivity contribution in [1.29, 1.82) is 0 Å². The van der Waals surface area contributed by atoms with Gasteiger partial charge < -0.3 is 0 Å². The molecule has 0 saturated carbocycles. The molecule has 0 radical (unpaired) electrons. The van der Waals surface area contributed by atoms with Crippen LogP contribution in [0.15, 0.2) is 146 Å². The number of hydrogen-bond donors (Lipinski definition) is 0. The summed E-state index contributed by atoms with van der Waals surface area (Å²) in [6.07, 6.45) is 1.79. The molecule has 4 heterocycles. The summed E-state index contributed by atoms with van der Waals surface area (Å²) in [6.45, 7) is 2.02. The minimum atomic E-state index is 0.644. The molecule has 0 amide bonds. The molecule has 0 bridgehead atoms. The van der Waals surface area contributed by atoms with Gasteiger partial charge in [-0.25, -0.2) is 15.0 Å². The highest BCUT2D eigenvalue weighted by Crippen LogP contribution is 2.36. The second-order valence-electron chi connectivity index (χ2n) is 11.0. The van der Waals surface area contributed by atoms with Crippen LogP contribution in [0.3, 0.4) is 0 Å². The van der Waals surface area contributed by atoms with Crippen molar-refractivity contribution in [1.82, 2.24) is 24.9 Å². The number of rotatable bonds is 5. The molecule has 45 heavy (non-hydrogen) atoms. The molecular formula is C40H27N5. The lowest BCUT2D eigenvalue weighted by Crippen LogP contribution is -1.97. The normalized spacial score (nSPS) is 11.2. The summed E-state index contributed by atoms with van der Waals surface area (Å²) in [5.74, 6) is 0.644. The molecule has 8 rings (SSSR count). The quantitative estimate of drug-likeness (QED) is 0.191. The predicted molar refractivity (Wildman–Crippen MR) is 182 cm³/mol.